The second kappa shape index (κ2) is 12.0. The molecular weight excluding hydrogens is 522 g/mol. The molecule has 3 aromatic rings. The van der Waals surface area contributed by atoms with E-state index in [2.05, 4.69) is 16.6 Å². The smallest absolute Gasteiger partial charge is 0.373 e. The van der Waals surface area contributed by atoms with Crippen LogP contribution in [0.2, 0.25) is 0 Å². The SMILES string of the molecule is C=CCc1cc(/C=C2\NC(=O)N(Cc3ccc(C(=O)OC)o3)C2=O)cc(OC)c1OCc1cccc([N+](=O)[O-])c1. The van der Waals surface area contributed by atoms with Crippen molar-refractivity contribution in [2.24, 2.45) is 0 Å². The Hall–Kier alpha value is -5.39. The number of carbonyl (C=O) groups is 3. The molecule has 12 heteroatoms. The summed E-state index contributed by atoms with van der Waals surface area (Å²) in [5.74, 6) is -0.308. The Kier molecular flexibility index (Phi) is 8.28. The first kappa shape index (κ1) is 27.6. The molecule has 0 spiro atoms. The van der Waals surface area contributed by atoms with Gasteiger partial charge in [0.15, 0.2) is 11.5 Å². The van der Waals surface area contributed by atoms with Crippen molar-refractivity contribution in [1.82, 2.24) is 10.2 Å². The Morgan fingerprint density at radius 2 is 1.98 bits per heavy atom. The van der Waals surface area contributed by atoms with Crippen molar-refractivity contribution in [1.29, 1.82) is 0 Å². The monoisotopic (exact) mass is 547 g/mol. The van der Waals surface area contributed by atoms with E-state index in [4.69, 9.17) is 13.9 Å². The highest BCUT2D eigenvalue weighted by atomic mass is 16.6. The third-order valence-electron chi connectivity index (χ3n) is 5.88. The summed E-state index contributed by atoms with van der Waals surface area (Å²) in [5, 5.41) is 13.6. The van der Waals surface area contributed by atoms with E-state index < -0.39 is 22.8 Å². The van der Waals surface area contributed by atoms with E-state index >= 15 is 0 Å². The topological polar surface area (TPSA) is 150 Å². The molecule has 0 aliphatic carbocycles. The second-order valence-corrected chi connectivity index (χ2v) is 8.56. The maximum atomic E-state index is 13.0. The second-order valence-electron chi connectivity index (χ2n) is 8.56. The fourth-order valence-corrected chi connectivity index (χ4v) is 4.02. The number of amides is 3. The number of furan rings is 1. The third kappa shape index (κ3) is 6.01. The number of hydrogen-bond acceptors (Lipinski definition) is 9. The van der Waals surface area contributed by atoms with Gasteiger partial charge in [-0.05, 0) is 47.9 Å². The molecule has 4 rings (SSSR count). The number of hydrogen-bond donors (Lipinski definition) is 1. The molecule has 2 heterocycles. The van der Waals surface area contributed by atoms with Crippen LogP contribution in [0.5, 0.6) is 11.5 Å². The lowest BCUT2D eigenvalue weighted by atomic mass is 10.0. The minimum absolute atomic E-state index is 0.0293. The first-order chi connectivity index (χ1) is 19.2. The summed E-state index contributed by atoms with van der Waals surface area (Å²) >= 11 is 0. The largest absolute Gasteiger partial charge is 0.493 e. The van der Waals surface area contributed by atoms with E-state index in [0.717, 1.165) is 4.90 Å². The van der Waals surface area contributed by atoms with Gasteiger partial charge < -0.3 is 23.9 Å². The molecule has 1 aliphatic heterocycles. The summed E-state index contributed by atoms with van der Waals surface area (Å²) in [5.41, 5.74) is 1.82. The van der Waals surface area contributed by atoms with Crippen LogP contribution in [0.15, 0.2) is 71.3 Å². The van der Waals surface area contributed by atoms with Gasteiger partial charge in [-0.25, -0.2) is 9.59 Å². The number of urea groups is 1. The number of nitro groups is 1. The van der Waals surface area contributed by atoms with E-state index in [0.29, 0.717) is 34.6 Å². The number of esters is 1. The quantitative estimate of drug-likeness (QED) is 0.0921. The fourth-order valence-electron chi connectivity index (χ4n) is 4.02. The number of nitro benzene ring substituents is 1. The van der Waals surface area contributed by atoms with Crippen LogP contribution in [0, 0.1) is 10.1 Å². The first-order valence-corrected chi connectivity index (χ1v) is 11.9. The standard InChI is InChI=1S/C28H25N3O9/c1-4-6-19-11-18(14-24(37-2)25(19)39-16-17-7-5-8-20(12-17)31(35)36)13-22-26(32)30(28(34)29-22)15-21-9-10-23(40-21)27(33)38-3/h4-5,7-14H,1,6,15-16H2,2-3H3,(H,29,34)/b22-13-. The van der Waals surface area contributed by atoms with Gasteiger partial charge in [-0.2, -0.15) is 0 Å². The number of carbonyl (C=O) groups excluding carboxylic acids is 3. The van der Waals surface area contributed by atoms with Gasteiger partial charge in [-0.1, -0.05) is 18.2 Å². The molecule has 2 aromatic carbocycles. The first-order valence-electron chi connectivity index (χ1n) is 11.9. The summed E-state index contributed by atoms with van der Waals surface area (Å²) in [6.45, 7) is 3.65. The highest BCUT2D eigenvalue weighted by molar-refractivity contribution is 6.13. The Morgan fingerprint density at radius 1 is 1.18 bits per heavy atom. The summed E-state index contributed by atoms with van der Waals surface area (Å²) in [7, 11) is 2.67. The van der Waals surface area contributed by atoms with Crippen LogP contribution in [-0.4, -0.2) is 42.0 Å². The third-order valence-corrected chi connectivity index (χ3v) is 5.88. The van der Waals surface area contributed by atoms with Crippen molar-refractivity contribution in [3.05, 3.63) is 105 Å². The lowest BCUT2D eigenvalue weighted by molar-refractivity contribution is -0.384. The van der Waals surface area contributed by atoms with E-state index in [-0.39, 0.29) is 36.1 Å². The van der Waals surface area contributed by atoms with Crippen molar-refractivity contribution in [3.63, 3.8) is 0 Å². The number of imide groups is 1. The zero-order chi connectivity index (χ0) is 28.8. The average molecular weight is 548 g/mol. The number of nitrogens with one attached hydrogen (secondary N) is 1. The molecule has 12 nitrogen and oxygen atoms in total. The molecular formula is C28H25N3O9. The molecule has 0 bridgehead atoms. The van der Waals surface area contributed by atoms with Gasteiger partial charge in [-0.15, -0.1) is 6.58 Å². The molecule has 40 heavy (non-hydrogen) atoms. The van der Waals surface area contributed by atoms with Crippen LogP contribution >= 0.6 is 0 Å². The summed E-state index contributed by atoms with van der Waals surface area (Å²) in [6.07, 6.45) is 3.56. The number of non-ortho nitro benzene ring substituents is 1. The van der Waals surface area contributed by atoms with Gasteiger partial charge in [0.25, 0.3) is 11.6 Å². The molecule has 206 valence electrons. The van der Waals surface area contributed by atoms with Gasteiger partial charge in [0.05, 0.1) is 25.7 Å². The summed E-state index contributed by atoms with van der Waals surface area (Å²) in [4.78, 5) is 48.7. The van der Waals surface area contributed by atoms with Crippen molar-refractivity contribution < 1.29 is 37.9 Å². The number of ether oxygens (including phenoxy) is 3. The highest BCUT2D eigenvalue weighted by Crippen LogP contribution is 2.35. The van der Waals surface area contributed by atoms with Crippen molar-refractivity contribution in [3.8, 4) is 11.5 Å². The molecule has 0 saturated carbocycles. The predicted molar refractivity (Wildman–Crippen MR) is 141 cm³/mol. The van der Waals surface area contributed by atoms with E-state index in [9.17, 15) is 24.5 Å². The highest BCUT2D eigenvalue weighted by Gasteiger charge is 2.34. The molecule has 3 amide bonds. The minimum Gasteiger partial charge on any atom is -0.493 e. The summed E-state index contributed by atoms with van der Waals surface area (Å²) < 4.78 is 21.5. The number of nitrogens with zero attached hydrogens (tertiary/aromatic N) is 2. The average Bonchev–Trinajstić information content (AvgIpc) is 3.52. The fraction of sp³-hybridized carbons (Fsp3) is 0.179. The molecule has 1 saturated heterocycles. The van der Waals surface area contributed by atoms with Crippen LogP contribution in [0.1, 0.15) is 33.0 Å². The number of allylic oxidation sites excluding steroid dienone is 1. The number of rotatable bonds is 11. The van der Waals surface area contributed by atoms with Crippen molar-refractivity contribution in [2.75, 3.05) is 14.2 Å². The number of methoxy groups -OCH3 is 2. The van der Waals surface area contributed by atoms with Gasteiger partial charge in [0.2, 0.25) is 5.76 Å². The molecule has 0 unspecified atom stereocenters. The summed E-state index contributed by atoms with van der Waals surface area (Å²) in [6, 6.07) is 11.7. The maximum Gasteiger partial charge on any atom is 0.373 e. The minimum atomic E-state index is -0.675. The Bertz CT molecular complexity index is 1520. The van der Waals surface area contributed by atoms with Crippen LogP contribution < -0.4 is 14.8 Å². The van der Waals surface area contributed by atoms with Crippen LogP contribution in [0.4, 0.5) is 10.5 Å². The van der Waals surface area contributed by atoms with Crippen LogP contribution in [0.25, 0.3) is 6.08 Å². The molecule has 1 aliphatic rings. The molecule has 0 radical (unpaired) electrons. The van der Waals surface area contributed by atoms with Crippen LogP contribution in [0.3, 0.4) is 0 Å². The molecule has 1 N–H and O–H groups in total. The van der Waals surface area contributed by atoms with Gasteiger partial charge in [0, 0.05) is 17.7 Å². The van der Waals surface area contributed by atoms with E-state index in [1.165, 1.54) is 44.6 Å². The van der Waals surface area contributed by atoms with Crippen molar-refractivity contribution >= 4 is 29.7 Å². The Morgan fingerprint density at radius 3 is 2.67 bits per heavy atom. The van der Waals surface area contributed by atoms with Crippen LogP contribution in [-0.2, 0) is 29.1 Å². The Balaban J connectivity index is 1.56. The molecule has 1 aromatic heterocycles. The Labute approximate surface area is 228 Å². The van der Waals surface area contributed by atoms with E-state index in [1.54, 1.807) is 30.3 Å². The predicted octanol–water partition coefficient (Wildman–Crippen LogP) is 4.38. The zero-order valence-electron chi connectivity index (χ0n) is 21.7. The molecule has 0 atom stereocenters. The maximum absolute atomic E-state index is 13.0. The normalized spacial score (nSPS) is 13.8. The van der Waals surface area contributed by atoms with Gasteiger partial charge in [0.1, 0.15) is 18.1 Å². The van der Waals surface area contributed by atoms with E-state index in [1.807, 2.05) is 0 Å². The lowest BCUT2D eigenvalue weighted by Gasteiger charge is -2.16. The van der Waals surface area contributed by atoms with Crippen molar-refractivity contribution in [2.45, 2.75) is 19.6 Å². The number of benzene rings is 2. The lowest BCUT2D eigenvalue weighted by Crippen LogP contribution is -2.30. The van der Waals surface area contributed by atoms with Gasteiger partial charge >= 0.3 is 12.0 Å². The molecule has 1 fully saturated rings. The van der Waals surface area contributed by atoms with Gasteiger partial charge in [-0.3, -0.25) is 19.8 Å². The zero-order valence-corrected chi connectivity index (χ0v) is 21.7.